The zero-order chi connectivity index (χ0) is 20.0. The zero-order valence-electron chi connectivity index (χ0n) is 15.8. The number of para-hydroxylation sites is 1. The van der Waals surface area contributed by atoms with Gasteiger partial charge in [-0.3, -0.25) is 0 Å². The highest BCUT2D eigenvalue weighted by Crippen LogP contribution is 2.41. The van der Waals surface area contributed by atoms with E-state index in [4.69, 9.17) is 28.3 Å². The molecule has 0 amide bonds. The fraction of sp³-hybridized carbons (Fsp3) is 0.227. The van der Waals surface area contributed by atoms with Crippen molar-refractivity contribution in [3.05, 3.63) is 69.1 Å². The molecule has 0 atom stereocenters. The van der Waals surface area contributed by atoms with Crippen molar-refractivity contribution in [3.8, 4) is 27.6 Å². The molecule has 0 aliphatic heterocycles. The normalized spacial score (nSPS) is 14.2. The first-order chi connectivity index (χ1) is 14.1. The topological polar surface area (TPSA) is 43.6 Å². The van der Waals surface area contributed by atoms with Gasteiger partial charge in [0.15, 0.2) is 5.01 Å². The molecule has 0 bridgehead atoms. The van der Waals surface area contributed by atoms with Crippen LogP contribution in [-0.4, -0.2) is 20.0 Å². The molecule has 4 nitrogen and oxygen atoms in total. The van der Waals surface area contributed by atoms with Crippen molar-refractivity contribution in [1.82, 2.24) is 20.0 Å². The molecule has 0 spiro atoms. The summed E-state index contributed by atoms with van der Waals surface area (Å²) in [5.74, 6) is 0.558. The highest BCUT2D eigenvalue weighted by molar-refractivity contribution is 7.14. The highest BCUT2D eigenvalue weighted by Gasteiger charge is 2.26. The lowest BCUT2D eigenvalue weighted by molar-refractivity contribution is 0.416. The summed E-state index contributed by atoms with van der Waals surface area (Å²) < 4.78 is 1.90. The summed E-state index contributed by atoms with van der Waals surface area (Å²) in [6.45, 7) is 2.07. The smallest absolute Gasteiger partial charge is 0.168 e. The van der Waals surface area contributed by atoms with Crippen molar-refractivity contribution in [2.24, 2.45) is 0 Å². The molecule has 0 N–H and O–H groups in total. The van der Waals surface area contributed by atoms with E-state index >= 15 is 0 Å². The second-order valence-electron chi connectivity index (χ2n) is 7.27. The number of hydrogen-bond acceptors (Lipinski definition) is 4. The van der Waals surface area contributed by atoms with Crippen LogP contribution in [0.1, 0.15) is 35.8 Å². The number of aromatic nitrogens is 4. The Balaban J connectivity index is 1.69. The summed E-state index contributed by atoms with van der Waals surface area (Å²) in [7, 11) is 0. The fourth-order valence-corrected chi connectivity index (χ4v) is 4.99. The summed E-state index contributed by atoms with van der Waals surface area (Å²) in [6.07, 6.45) is 3.69. The molecule has 1 aliphatic carbocycles. The molecule has 1 fully saturated rings. The number of benzene rings is 2. The summed E-state index contributed by atoms with van der Waals surface area (Å²) >= 11 is 14.3. The third-order valence-corrected chi connectivity index (χ3v) is 7.08. The quantitative estimate of drug-likeness (QED) is 0.345. The van der Waals surface area contributed by atoms with Crippen LogP contribution in [0.2, 0.25) is 10.0 Å². The van der Waals surface area contributed by atoms with E-state index in [1.807, 2.05) is 53.2 Å². The molecular weight excluding hydrogens is 423 g/mol. The van der Waals surface area contributed by atoms with Crippen LogP contribution in [0.15, 0.2) is 48.5 Å². The molecule has 29 heavy (non-hydrogen) atoms. The second-order valence-corrected chi connectivity index (χ2v) is 9.12. The minimum Gasteiger partial charge on any atom is -0.231 e. The zero-order valence-corrected chi connectivity index (χ0v) is 18.1. The summed E-state index contributed by atoms with van der Waals surface area (Å²) in [4.78, 5) is 0. The van der Waals surface area contributed by atoms with Gasteiger partial charge in [-0.25, -0.2) is 4.68 Å². The Kier molecular flexibility index (Phi) is 4.90. The van der Waals surface area contributed by atoms with Crippen LogP contribution in [0.25, 0.3) is 27.6 Å². The van der Waals surface area contributed by atoms with Gasteiger partial charge in [0.05, 0.1) is 16.4 Å². The number of rotatable bonds is 4. The summed E-state index contributed by atoms with van der Waals surface area (Å²) in [5, 5.41) is 17.2. The van der Waals surface area contributed by atoms with E-state index in [0.29, 0.717) is 16.0 Å². The lowest BCUT2D eigenvalue weighted by Crippen LogP contribution is -2.07. The molecule has 146 valence electrons. The predicted molar refractivity (Wildman–Crippen MR) is 119 cm³/mol. The number of nitrogens with zero attached hydrogens (tertiary/aromatic N) is 4. The van der Waals surface area contributed by atoms with Crippen molar-refractivity contribution in [1.29, 1.82) is 0 Å². The van der Waals surface area contributed by atoms with Gasteiger partial charge < -0.3 is 0 Å². The van der Waals surface area contributed by atoms with Crippen LogP contribution >= 0.6 is 34.5 Å². The van der Waals surface area contributed by atoms with Crippen LogP contribution in [0.4, 0.5) is 0 Å². The molecular formula is C22H18Cl2N4S. The van der Waals surface area contributed by atoms with E-state index in [1.165, 1.54) is 19.3 Å². The summed E-state index contributed by atoms with van der Waals surface area (Å²) in [5.41, 5.74) is 4.72. The van der Waals surface area contributed by atoms with Gasteiger partial charge in [-0.1, -0.05) is 65.2 Å². The van der Waals surface area contributed by atoms with Crippen molar-refractivity contribution < 1.29 is 0 Å². The van der Waals surface area contributed by atoms with Gasteiger partial charge >= 0.3 is 0 Å². The van der Waals surface area contributed by atoms with Gasteiger partial charge in [-0.2, -0.15) is 5.10 Å². The van der Waals surface area contributed by atoms with E-state index in [0.717, 1.165) is 38.2 Å². The third kappa shape index (κ3) is 3.37. The van der Waals surface area contributed by atoms with E-state index < -0.39 is 0 Å². The Hall–Kier alpha value is -2.21. The summed E-state index contributed by atoms with van der Waals surface area (Å²) in [6, 6.07) is 15.5. The largest absolute Gasteiger partial charge is 0.231 e. The van der Waals surface area contributed by atoms with E-state index in [2.05, 4.69) is 17.1 Å². The van der Waals surface area contributed by atoms with Crippen molar-refractivity contribution in [2.45, 2.75) is 32.1 Å². The maximum atomic E-state index is 6.52. The molecule has 5 rings (SSSR count). The molecule has 0 unspecified atom stereocenters. The monoisotopic (exact) mass is 440 g/mol. The minimum absolute atomic E-state index is 0.558. The third-order valence-electron chi connectivity index (χ3n) is 5.42. The molecule has 2 aromatic carbocycles. The molecule has 1 aliphatic rings. The maximum absolute atomic E-state index is 6.52. The molecule has 2 heterocycles. The average molecular weight is 441 g/mol. The van der Waals surface area contributed by atoms with Gasteiger partial charge in [-0.15, -0.1) is 10.2 Å². The standard InChI is InChI=1S/C22H18Cl2N4S/c1-13-19(22-26-25-21(29-22)15-5-4-6-15)27-28(18-8-3-2-7-17(18)24)20(13)14-9-11-16(23)12-10-14/h2-3,7-12,15H,4-6H2,1H3. The molecule has 1 saturated carbocycles. The predicted octanol–water partition coefficient (Wildman–Crippen LogP) is 6.94. The Morgan fingerprint density at radius 2 is 1.76 bits per heavy atom. The minimum atomic E-state index is 0.558. The number of hydrogen-bond donors (Lipinski definition) is 0. The van der Waals surface area contributed by atoms with Crippen LogP contribution < -0.4 is 0 Å². The highest BCUT2D eigenvalue weighted by atomic mass is 35.5. The second kappa shape index (κ2) is 7.56. The lowest BCUT2D eigenvalue weighted by Gasteiger charge is -2.21. The SMILES string of the molecule is Cc1c(-c2nnc(C3CCC3)s2)nn(-c2ccccc2Cl)c1-c1ccc(Cl)cc1. The van der Waals surface area contributed by atoms with Gasteiger partial charge in [0.25, 0.3) is 0 Å². The number of halogens is 2. The Bertz CT molecular complexity index is 1180. The van der Waals surface area contributed by atoms with Crippen LogP contribution in [0, 0.1) is 6.92 Å². The van der Waals surface area contributed by atoms with E-state index in [1.54, 1.807) is 11.3 Å². The molecule has 0 saturated heterocycles. The molecule has 7 heteroatoms. The van der Waals surface area contributed by atoms with Crippen molar-refractivity contribution in [3.63, 3.8) is 0 Å². The Morgan fingerprint density at radius 1 is 1.00 bits per heavy atom. The van der Waals surface area contributed by atoms with Gasteiger partial charge in [0, 0.05) is 22.1 Å². The molecule has 0 radical (unpaired) electrons. The first-order valence-corrected chi connectivity index (χ1v) is 11.1. The van der Waals surface area contributed by atoms with E-state index in [9.17, 15) is 0 Å². The van der Waals surface area contributed by atoms with Crippen LogP contribution in [-0.2, 0) is 0 Å². The van der Waals surface area contributed by atoms with Gasteiger partial charge in [0.2, 0.25) is 0 Å². The maximum Gasteiger partial charge on any atom is 0.168 e. The van der Waals surface area contributed by atoms with E-state index in [-0.39, 0.29) is 0 Å². The Morgan fingerprint density at radius 3 is 2.45 bits per heavy atom. The first kappa shape index (κ1) is 18.8. The molecule has 4 aromatic rings. The average Bonchev–Trinajstić information content (AvgIpc) is 3.26. The van der Waals surface area contributed by atoms with Crippen LogP contribution in [0.5, 0.6) is 0 Å². The lowest BCUT2D eigenvalue weighted by atomic mass is 9.86. The van der Waals surface area contributed by atoms with Crippen molar-refractivity contribution in [2.75, 3.05) is 0 Å². The van der Waals surface area contributed by atoms with Gasteiger partial charge in [0.1, 0.15) is 10.7 Å². The van der Waals surface area contributed by atoms with Crippen molar-refractivity contribution >= 4 is 34.5 Å². The molecule has 2 aromatic heterocycles. The fourth-order valence-electron chi connectivity index (χ4n) is 3.59. The Labute approximate surface area is 183 Å². The van der Waals surface area contributed by atoms with Crippen LogP contribution in [0.3, 0.4) is 0 Å². The van der Waals surface area contributed by atoms with Gasteiger partial charge in [-0.05, 0) is 44.0 Å². The first-order valence-electron chi connectivity index (χ1n) is 9.56.